The molecule has 0 aliphatic heterocycles. The van der Waals surface area contributed by atoms with Crippen LogP contribution in [0.1, 0.15) is 69.1 Å². The maximum atomic E-state index is 14.1. The van der Waals surface area contributed by atoms with Gasteiger partial charge in [0.2, 0.25) is 5.91 Å². The summed E-state index contributed by atoms with van der Waals surface area (Å²) in [6.07, 6.45) is -1.81. The summed E-state index contributed by atoms with van der Waals surface area (Å²) in [5, 5.41) is 10.2. The molecule has 1 aromatic heterocycles. The second-order valence-electron chi connectivity index (χ2n) is 11.4. The lowest BCUT2D eigenvalue weighted by Gasteiger charge is -2.34. The number of carboxylic acid groups (broad SMARTS) is 1. The fraction of sp³-hybridized carbons (Fsp3) is 0.355. The van der Waals surface area contributed by atoms with E-state index in [9.17, 15) is 22.8 Å². The summed E-state index contributed by atoms with van der Waals surface area (Å²) in [7, 11) is 1.56. The van der Waals surface area contributed by atoms with Crippen LogP contribution in [0.25, 0.3) is 0 Å². The quantitative estimate of drug-likeness (QED) is 0.349. The number of hydrogen-bond acceptors (Lipinski definition) is 5. The van der Waals surface area contributed by atoms with Crippen LogP contribution in [0.5, 0.6) is 5.75 Å². The van der Waals surface area contributed by atoms with E-state index in [1.165, 1.54) is 0 Å². The minimum absolute atomic E-state index is 0.0491. The number of halogens is 3. The monoisotopic (exact) mass is 587 g/mol. The maximum Gasteiger partial charge on any atom is 0.490 e. The van der Waals surface area contributed by atoms with Gasteiger partial charge >= 0.3 is 12.1 Å². The molecule has 0 fully saturated rings. The van der Waals surface area contributed by atoms with Gasteiger partial charge in [0.15, 0.2) is 0 Å². The van der Waals surface area contributed by atoms with Crippen molar-refractivity contribution >= 4 is 23.5 Å². The van der Waals surface area contributed by atoms with E-state index in [1.807, 2.05) is 51.1 Å². The van der Waals surface area contributed by atoms with Crippen molar-refractivity contribution in [1.82, 2.24) is 10.3 Å². The number of nitrogens with one attached hydrogen (secondary N) is 1. The normalized spacial score (nSPS) is 12.3. The number of carbonyl (C=O) groups is 3. The van der Waals surface area contributed by atoms with Crippen molar-refractivity contribution in [2.45, 2.75) is 64.7 Å². The smallest absolute Gasteiger partial charge is 0.490 e. The lowest BCUT2D eigenvalue weighted by atomic mass is 9.87. The fourth-order valence-electron chi connectivity index (χ4n) is 3.79. The number of ether oxygens (including phenoxy) is 1. The van der Waals surface area contributed by atoms with E-state index in [0.29, 0.717) is 22.6 Å². The topological polar surface area (TPSA) is 109 Å². The van der Waals surface area contributed by atoms with Crippen molar-refractivity contribution in [2.75, 3.05) is 12.0 Å². The van der Waals surface area contributed by atoms with Gasteiger partial charge in [-0.15, -0.1) is 0 Å². The number of carbonyl (C=O) groups excluding carboxylic acids is 2. The Morgan fingerprint density at radius 2 is 1.52 bits per heavy atom. The molecule has 2 amide bonds. The average Bonchev–Trinajstić information content (AvgIpc) is 2.90. The molecule has 1 heterocycles. The predicted molar refractivity (Wildman–Crippen MR) is 154 cm³/mol. The van der Waals surface area contributed by atoms with Crippen LogP contribution < -0.4 is 15.0 Å². The molecule has 226 valence electrons. The number of carboxylic acids is 1. The fourth-order valence-corrected chi connectivity index (χ4v) is 3.79. The highest BCUT2D eigenvalue weighted by atomic mass is 19.4. The molecule has 11 heteroatoms. The Kier molecular flexibility index (Phi) is 10.9. The molecule has 2 N–H and O–H groups in total. The van der Waals surface area contributed by atoms with Gasteiger partial charge in [-0.2, -0.15) is 13.2 Å². The number of anilines is 1. The van der Waals surface area contributed by atoms with E-state index < -0.39 is 23.7 Å². The van der Waals surface area contributed by atoms with Crippen LogP contribution in [-0.4, -0.2) is 46.7 Å². The summed E-state index contributed by atoms with van der Waals surface area (Å²) in [5.74, 6) is -2.80. The zero-order valence-corrected chi connectivity index (χ0v) is 24.6. The molecule has 0 saturated heterocycles. The van der Waals surface area contributed by atoms with Gasteiger partial charge in [0.1, 0.15) is 11.8 Å². The first kappa shape index (κ1) is 33.8. The molecule has 0 saturated carbocycles. The number of benzene rings is 2. The molecule has 0 radical (unpaired) electrons. The number of aromatic nitrogens is 1. The minimum Gasteiger partial charge on any atom is -0.497 e. The Morgan fingerprint density at radius 1 is 0.929 bits per heavy atom. The number of methoxy groups -OCH3 is 1. The SMILES string of the molecule is COc1cccc(C(=O)N(c2ccc(C(C)(C)C)cc2)C(C(=O)NC(C)(C)C)c2cccnc2)c1.O=C(O)C(F)(F)F. The molecule has 2 aromatic carbocycles. The molecule has 3 aromatic rings. The molecule has 0 aliphatic rings. The third-order valence-electron chi connectivity index (χ3n) is 5.79. The molecule has 1 atom stereocenters. The third kappa shape index (κ3) is 9.60. The van der Waals surface area contributed by atoms with Gasteiger partial charge < -0.3 is 15.2 Å². The van der Waals surface area contributed by atoms with Gasteiger partial charge in [-0.25, -0.2) is 4.79 Å². The van der Waals surface area contributed by atoms with Crippen LogP contribution in [0.3, 0.4) is 0 Å². The van der Waals surface area contributed by atoms with Crippen molar-refractivity contribution in [3.8, 4) is 5.75 Å². The summed E-state index contributed by atoms with van der Waals surface area (Å²) in [5.41, 5.74) is 2.24. The number of nitrogens with zero attached hydrogens (tertiary/aromatic N) is 2. The third-order valence-corrected chi connectivity index (χ3v) is 5.79. The van der Waals surface area contributed by atoms with Crippen molar-refractivity contribution in [1.29, 1.82) is 0 Å². The molecular formula is C31H36F3N3O5. The summed E-state index contributed by atoms with van der Waals surface area (Å²) >= 11 is 0. The molecule has 0 bridgehead atoms. The Bertz CT molecular complexity index is 1360. The summed E-state index contributed by atoms with van der Waals surface area (Å²) in [6, 6.07) is 17.4. The zero-order valence-electron chi connectivity index (χ0n) is 24.6. The van der Waals surface area contributed by atoms with E-state index >= 15 is 0 Å². The zero-order chi connectivity index (χ0) is 31.9. The van der Waals surface area contributed by atoms with Gasteiger partial charge in [0.05, 0.1) is 7.11 Å². The molecule has 1 unspecified atom stereocenters. The summed E-state index contributed by atoms with van der Waals surface area (Å²) < 4.78 is 37.1. The second-order valence-corrected chi connectivity index (χ2v) is 11.4. The van der Waals surface area contributed by atoms with Gasteiger partial charge in [0, 0.05) is 34.7 Å². The standard InChI is InChI=1S/C29H35N3O3.C2HF3O2/c1-28(2,3)22-13-15-23(16-14-22)32(27(34)20-10-8-12-24(18-20)35-7)25(21-11-9-17-30-19-21)26(33)31-29(4,5)6;3-2(4,5)1(6)7/h8-19,25H,1-7H3,(H,31,33);(H,6,7). The highest BCUT2D eigenvalue weighted by Gasteiger charge is 2.38. The number of pyridine rings is 1. The van der Waals surface area contributed by atoms with Crippen LogP contribution in [0.4, 0.5) is 18.9 Å². The number of amides is 2. The molecule has 3 rings (SSSR count). The van der Waals surface area contributed by atoms with Crippen LogP contribution >= 0.6 is 0 Å². The number of hydrogen-bond donors (Lipinski definition) is 2. The van der Waals surface area contributed by atoms with Gasteiger partial charge in [0.25, 0.3) is 5.91 Å². The summed E-state index contributed by atoms with van der Waals surface area (Å²) in [6.45, 7) is 12.1. The Balaban J connectivity index is 0.000000782. The van der Waals surface area contributed by atoms with Crippen LogP contribution in [0.2, 0.25) is 0 Å². The molecule has 8 nitrogen and oxygen atoms in total. The molecule has 0 aliphatic carbocycles. The van der Waals surface area contributed by atoms with E-state index in [1.54, 1.807) is 54.7 Å². The Morgan fingerprint density at radius 3 is 1.98 bits per heavy atom. The van der Waals surface area contributed by atoms with E-state index in [-0.39, 0.29) is 17.2 Å². The maximum absolute atomic E-state index is 14.1. The predicted octanol–water partition coefficient (Wildman–Crippen LogP) is 6.32. The highest BCUT2D eigenvalue weighted by molar-refractivity contribution is 6.10. The number of aliphatic carboxylic acids is 1. The van der Waals surface area contributed by atoms with E-state index in [2.05, 4.69) is 31.1 Å². The van der Waals surface area contributed by atoms with Crippen molar-refractivity contribution in [2.24, 2.45) is 0 Å². The lowest BCUT2D eigenvalue weighted by molar-refractivity contribution is -0.192. The molecular weight excluding hydrogens is 551 g/mol. The first-order chi connectivity index (χ1) is 19.3. The van der Waals surface area contributed by atoms with Crippen molar-refractivity contribution < 1.29 is 37.4 Å². The van der Waals surface area contributed by atoms with E-state index in [4.69, 9.17) is 14.6 Å². The molecule has 0 spiro atoms. The van der Waals surface area contributed by atoms with E-state index in [0.717, 1.165) is 5.56 Å². The average molecular weight is 588 g/mol. The largest absolute Gasteiger partial charge is 0.497 e. The van der Waals surface area contributed by atoms with Crippen molar-refractivity contribution in [3.63, 3.8) is 0 Å². The Labute approximate surface area is 243 Å². The van der Waals surface area contributed by atoms with Gasteiger partial charge in [-0.1, -0.05) is 45.0 Å². The number of alkyl halides is 3. The Hall–Kier alpha value is -4.41. The first-order valence-corrected chi connectivity index (χ1v) is 13.0. The van der Waals surface area contributed by atoms with Crippen LogP contribution in [-0.2, 0) is 15.0 Å². The summed E-state index contributed by atoms with van der Waals surface area (Å²) in [4.78, 5) is 42.4. The van der Waals surface area contributed by atoms with Crippen molar-refractivity contribution in [3.05, 3.63) is 89.7 Å². The van der Waals surface area contributed by atoms with Crippen LogP contribution in [0, 0.1) is 0 Å². The van der Waals surface area contributed by atoms with Gasteiger partial charge in [-0.05, 0) is 68.1 Å². The molecule has 42 heavy (non-hydrogen) atoms. The first-order valence-electron chi connectivity index (χ1n) is 13.0. The minimum atomic E-state index is -5.08. The van der Waals surface area contributed by atoms with Gasteiger partial charge in [-0.3, -0.25) is 19.5 Å². The number of rotatable bonds is 6. The lowest BCUT2D eigenvalue weighted by Crippen LogP contribution is -2.49. The van der Waals surface area contributed by atoms with Crippen LogP contribution in [0.15, 0.2) is 73.1 Å². The highest BCUT2D eigenvalue weighted by Crippen LogP contribution is 2.32. The second kappa shape index (κ2) is 13.5.